The molecule has 2 aliphatic carbocycles. The van der Waals surface area contributed by atoms with Gasteiger partial charge in [0.1, 0.15) is 30.0 Å². The number of nitrogens with zero attached hydrogens (tertiary/aromatic N) is 1. The van der Waals surface area contributed by atoms with Gasteiger partial charge in [0.25, 0.3) is 8.32 Å². The lowest BCUT2D eigenvalue weighted by atomic mass is 9.56. The molecule has 9 heteroatoms. The Morgan fingerprint density at radius 2 is 1.47 bits per heavy atom. The first-order chi connectivity index (χ1) is 17.5. The molecule has 0 spiro atoms. The van der Waals surface area contributed by atoms with Gasteiger partial charge in [0.15, 0.2) is 17.9 Å². The van der Waals surface area contributed by atoms with Gasteiger partial charge in [-0.3, -0.25) is 0 Å². The van der Waals surface area contributed by atoms with Gasteiger partial charge >= 0.3 is 0 Å². The molecular formula is C29H51NO7Si. The first-order valence-electron chi connectivity index (χ1n) is 14.7. The van der Waals surface area contributed by atoms with Crippen molar-refractivity contribution in [1.29, 1.82) is 0 Å². The molecule has 5 aliphatic rings. The normalized spacial score (nSPS) is 43.7. The lowest BCUT2D eigenvalue weighted by molar-refractivity contribution is -0.382. The van der Waals surface area contributed by atoms with Crippen LogP contribution in [0.4, 0.5) is 0 Å². The standard InChI is InChI=1S/C29H51NO7Si/c1-25(2,3)38(9,10)37-30-20-14-13-16-28(8)15-11-12-17-29(20,28)36-24-23-22(34-27(6,7)35-23)21-19(32-24)18-31-26(4,5)33-21/h19,21-24H,11-18H2,1-10H3/b30-20+/t19-,21-,22+,23+,24?,28?,29?/m1/s1. The van der Waals surface area contributed by atoms with Crippen molar-refractivity contribution >= 4 is 14.0 Å². The summed E-state index contributed by atoms with van der Waals surface area (Å²) in [6.45, 7) is 21.8. The van der Waals surface area contributed by atoms with Crippen LogP contribution in [0, 0.1) is 5.41 Å². The largest absolute Gasteiger partial charge is 0.455 e. The van der Waals surface area contributed by atoms with Crippen molar-refractivity contribution in [2.45, 2.75) is 166 Å². The lowest BCUT2D eigenvalue weighted by Gasteiger charge is -2.57. The van der Waals surface area contributed by atoms with Crippen LogP contribution in [0.2, 0.25) is 18.1 Å². The quantitative estimate of drug-likeness (QED) is 0.299. The minimum Gasteiger partial charge on any atom is -0.455 e. The molecule has 0 radical (unpaired) electrons. The van der Waals surface area contributed by atoms with Crippen LogP contribution < -0.4 is 0 Å². The second kappa shape index (κ2) is 9.50. The van der Waals surface area contributed by atoms with Crippen molar-refractivity contribution in [3.05, 3.63) is 0 Å². The Kier molecular flexibility index (Phi) is 7.24. The summed E-state index contributed by atoms with van der Waals surface area (Å²) in [5, 5.41) is 5.05. The molecule has 0 aromatic heterocycles. The van der Waals surface area contributed by atoms with Crippen molar-refractivity contribution in [3.63, 3.8) is 0 Å². The average Bonchev–Trinajstić information content (AvgIpc) is 3.13. The van der Waals surface area contributed by atoms with Gasteiger partial charge < -0.3 is 32.9 Å². The molecular weight excluding hydrogens is 502 g/mol. The minimum absolute atomic E-state index is 0.0502. The summed E-state index contributed by atoms with van der Waals surface area (Å²) in [5.41, 5.74) is 0.416. The van der Waals surface area contributed by atoms with E-state index in [-0.39, 0.29) is 28.8 Å². The zero-order valence-electron chi connectivity index (χ0n) is 25.3. The molecule has 3 aliphatic heterocycles. The Morgan fingerprint density at radius 3 is 2.18 bits per heavy atom. The summed E-state index contributed by atoms with van der Waals surface area (Å²) in [6, 6.07) is 0. The van der Waals surface area contributed by atoms with Gasteiger partial charge in [-0.2, -0.15) is 0 Å². The predicted octanol–water partition coefficient (Wildman–Crippen LogP) is 6.28. The van der Waals surface area contributed by atoms with Gasteiger partial charge in [-0.1, -0.05) is 40.5 Å². The van der Waals surface area contributed by atoms with Crippen molar-refractivity contribution in [2.24, 2.45) is 10.6 Å². The van der Waals surface area contributed by atoms with Crippen molar-refractivity contribution < 1.29 is 32.9 Å². The Morgan fingerprint density at radius 1 is 0.842 bits per heavy atom. The third kappa shape index (κ3) is 5.03. The highest BCUT2D eigenvalue weighted by molar-refractivity contribution is 6.74. The first-order valence-corrected chi connectivity index (χ1v) is 17.6. The maximum atomic E-state index is 7.26. The predicted molar refractivity (Wildman–Crippen MR) is 147 cm³/mol. The summed E-state index contributed by atoms with van der Waals surface area (Å²) in [5.74, 6) is -1.47. The van der Waals surface area contributed by atoms with Crippen LogP contribution in [0.3, 0.4) is 0 Å². The van der Waals surface area contributed by atoms with E-state index >= 15 is 0 Å². The van der Waals surface area contributed by atoms with Crippen LogP contribution in [0.1, 0.15) is 100 Å². The SMILES string of the molecule is CC1(C)OC[C@H]2OC(OC34CCCCC3(C)CCC/C4=N\O[Si](C)(C)C(C)(C)C)[C@H]3OC(C)(C)O[C@H]3[C@@H]2O1. The van der Waals surface area contributed by atoms with Gasteiger partial charge in [0.2, 0.25) is 0 Å². The van der Waals surface area contributed by atoms with Crippen LogP contribution in [0.15, 0.2) is 5.16 Å². The monoisotopic (exact) mass is 553 g/mol. The van der Waals surface area contributed by atoms with E-state index < -0.39 is 37.9 Å². The molecule has 38 heavy (non-hydrogen) atoms. The molecule has 7 atom stereocenters. The third-order valence-corrected chi connectivity index (χ3v) is 14.2. The van der Waals surface area contributed by atoms with Gasteiger partial charge in [-0.05, 0) is 77.9 Å². The van der Waals surface area contributed by atoms with Gasteiger partial charge in [0.05, 0.1) is 12.3 Å². The van der Waals surface area contributed by atoms with Crippen LogP contribution >= 0.6 is 0 Å². The second-order valence-corrected chi connectivity index (χ2v) is 19.6. The highest BCUT2D eigenvalue weighted by Gasteiger charge is 2.63. The summed E-state index contributed by atoms with van der Waals surface area (Å²) in [7, 11) is -2.08. The summed E-state index contributed by atoms with van der Waals surface area (Å²) >= 11 is 0. The Labute approximate surface area is 230 Å². The molecule has 2 saturated carbocycles. The fourth-order valence-electron chi connectivity index (χ4n) is 6.79. The van der Waals surface area contributed by atoms with Crippen molar-refractivity contribution in [2.75, 3.05) is 6.61 Å². The van der Waals surface area contributed by atoms with Gasteiger partial charge in [0, 0.05) is 5.41 Å². The minimum atomic E-state index is -2.08. The number of rotatable bonds is 4. The molecule has 0 N–H and O–H groups in total. The summed E-state index contributed by atoms with van der Waals surface area (Å²) in [4.78, 5) is 0. The van der Waals surface area contributed by atoms with E-state index in [2.05, 4.69) is 40.8 Å². The number of ether oxygens (including phenoxy) is 6. The molecule has 0 aromatic carbocycles. The second-order valence-electron chi connectivity index (χ2n) is 14.9. The maximum absolute atomic E-state index is 7.26. The molecule has 8 nitrogen and oxygen atoms in total. The van der Waals surface area contributed by atoms with E-state index in [1.807, 2.05) is 27.7 Å². The number of hydrogen-bond donors (Lipinski definition) is 0. The Bertz CT molecular complexity index is 926. The van der Waals surface area contributed by atoms with Crippen LogP contribution in [-0.4, -0.2) is 68.5 Å². The highest BCUT2D eigenvalue weighted by atomic mass is 28.4. The molecule has 0 bridgehead atoms. The Balaban J connectivity index is 1.49. The van der Waals surface area contributed by atoms with Crippen LogP contribution in [-0.2, 0) is 32.9 Å². The fourth-order valence-corrected chi connectivity index (χ4v) is 7.40. The molecule has 5 rings (SSSR count). The van der Waals surface area contributed by atoms with E-state index in [0.717, 1.165) is 44.2 Å². The molecule has 3 saturated heterocycles. The zero-order valence-corrected chi connectivity index (χ0v) is 26.3. The molecule has 0 amide bonds. The molecule has 3 unspecified atom stereocenters. The maximum Gasteiger partial charge on any atom is 0.286 e. The van der Waals surface area contributed by atoms with Crippen LogP contribution in [0.25, 0.3) is 0 Å². The van der Waals surface area contributed by atoms with E-state index in [9.17, 15) is 0 Å². The number of hydrogen-bond acceptors (Lipinski definition) is 8. The van der Waals surface area contributed by atoms with Crippen molar-refractivity contribution in [1.82, 2.24) is 0 Å². The van der Waals surface area contributed by atoms with E-state index in [0.29, 0.717) is 6.61 Å². The number of fused-ring (bicyclic) bond motifs is 4. The smallest absolute Gasteiger partial charge is 0.286 e. The third-order valence-electron chi connectivity index (χ3n) is 10.0. The summed E-state index contributed by atoms with van der Waals surface area (Å²) < 4.78 is 45.6. The van der Waals surface area contributed by atoms with Gasteiger partial charge in [-0.15, -0.1) is 5.16 Å². The first kappa shape index (κ1) is 29.0. The zero-order chi connectivity index (χ0) is 27.8. The Hall–Kier alpha value is -0.553. The van der Waals surface area contributed by atoms with E-state index in [1.165, 1.54) is 6.42 Å². The molecule has 0 aromatic rings. The highest BCUT2D eigenvalue weighted by Crippen LogP contribution is 2.56. The molecule has 5 fully saturated rings. The van der Waals surface area contributed by atoms with Crippen molar-refractivity contribution in [3.8, 4) is 0 Å². The molecule has 3 heterocycles. The van der Waals surface area contributed by atoms with Crippen LogP contribution in [0.5, 0.6) is 0 Å². The van der Waals surface area contributed by atoms with E-state index in [1.54, 1.807) is 0 Å². The average molecular weight is 554 g/mol. The lowest BCUT2D eigenvalue weighted by Crippen LogP contribution is -2.67. The number of oxime groups is 1. The summed E-state index contributed by atoms with van der Waals surface area (Å²) in [6.07, 6.45) is 5.42. The fraction of sp³-hybridized carbons (Fsp3) is 0.966. The van der Waals surface area contributed by atoms with E-state index in [4.69, 9.17) is 38.1 Å². The topological polar surface area (TPSA) is 77.0 Å². The molecule has 218 valence electrons. The van der Waals surface area contributed by atoms with Gasteiger partial charge in [-0.25, -0.2) is 0 Å².